The first-order valence-corrected chi connectivity index (χ1v) is 11.3. The van der Waals surface area contributed by atoms with E-state index in [-0.39, 0.29) is 36.8 Å². The summed E-state index contributed by atoms with van der Waals surface area (Å²) in [6.07, 6.45) is 1.68. The summed E-state index contributed by atoms with van der Waals surface area (Å²) in [6.45, 7) is 3.04. The van der Waals surface area contributed by atoms with Crippen molar-refractivity contribution in [2.24, 2.45) is 5.92 Å². The van der Waals surface area contributed by atoms with Gasteiger partial charge in [0.05, 0.1) is 29.6 Å². The topological polar surface area (TPSA) is 67.0 Å². The Hall–Kier alpha value is -3.03. The van der Waals surface area contributed by atoms with Gasteiger partial charge in [0.1, 0.15) is 0 Å². The summed E-state index contributed by atoms with van der Waals surface area (Å²) in [4.78, 5) is 25.1. The summed E-state index contributed by atoms with van der Waals surface area (Å²) in [5.41, 5.74) is 5.87. The molecule has 0 unspecified atom stereocenters. The van der Waals surface area contributed by atoms with Crippen LogP contribution in [-0.4, -0.2) is 53.4 Å². The Kier molecular flexibility index (Phi) is 3.76. The molecule has 0 spiro atoms. The molecule has 7 rings (SSSR count). The first-order chi connectivity index (χ1) is 15.6. The SMILES string of the molecule is C[C@@H]1ON(C)[C@H]2C[C@H]3c4[nH]c5c(-c6ccc7c(c6)OCO7)cccc5c4CCN3C(=O)[C@@H]12. The molecule has 5 heterocycles. The summed E-state index contributed by atoms with van der Waals surface area (Å²) in [5.74, 6) is 1.72. The molecule has 32 heavy (non-hydrogen) atoms. The number of carbonyl (C=O) groups is 1. The van der Waals surface area contributed by atoms with E-state index in [9.17, 15) is 4.79 Å². The third-order valence-electron chi connectivity index (χ3n) is 7.72. The highest BCUT2D eigenvalue weighted by Gasteiger charge is 2.53. The summed E-state index contributed by atoms with van der Waals surface area (Å²) >= 11 is 0. The van der Waals surface area contributed by atoms with Crippen LogP contribution < -0.4 is 9.47 Å². The van der Waals surface area contributed by atoms with Crippen LogP contribution in [0.4, 0.5) is 0 Å². The molecule has 2 saturated heterocycles. The van der Waals surface area contributed by atoms with Gasteiger partial charge < -0.3 is 19.4 Å². The van der Waals surface area contributed by atoms with Crippen LogP contribution in [0.1, 0.15) is 30.6 Å². The molecular formula is C25H25N3O4. The van der Waals surface area contributed by atoms with Gasteiger partial charge in [-0.05, 0) is 43.0 Å². The fourth-order valence-electron chi connectivity index (χ4n) is 6.23. The Morgan fingerprint density at radius 2 is 2.00 bits per heavy atom. The number of hydrogen-bond acceptors (Lipinski definition) is 5. The number of nitrogens with zero attached hydrogens (tertiary/aromatic N) is 2. The number of rotatable bonds is 1. The number of amides is 1. The van der Waals surface area contributed by atoms with E-state index in [1.807, 2.05) is 31.2 Å². The van der Waals surface area contributed by atoms with Crippen molar-refractivity contribution in [3.8, 4) is 22.6 Å². The Balaban J connectivity index is 1.34. The van der Waals surface area contributed by atoms with Crippen molar-refractivity contribution in [3.63, 3.8) is 0 Å². The second-order valence-electron chi connectivity index (χ2n) is 9.30. The minimum absolute atomic E-state index is 0.0563. The predicted octanol–water partition coefficient (Wildman–Crippen LogP) is 3.64. The van der Waals surface area contributed by atoms with Crippen LogP contribution in [0.3, 0.4) is 0 Å². The molecule has 7 nitrogen and oxygen atoms in total. The summed E-state index contributed by atoms with van der Waals surface area (Å²) < 4.78 is 11.1. The highest BCUT2D eigenvalue weighted by molar-refractivity contribution is 5.98. The number of hydrogen-bond donors (Lipinski definition) is 1. The second kappa shape index (κ2) is 6.49. The smallest absolute Gasteiger partial charge is 0.231 e. The molecule has 0 aliphatic carbocycles. The molecule has 1 amide bonds. The molecule has 0 saturated carbocycles. The first kappa shape index (κ1) is 18.5. The normalized spacial score (nSPS) is 28.7. The van der Waals surface area contributed by atoms with Crippen LogP contribution in [-0.2, 0) is 16.1 Å². The number of nitrogens with one attached hydrogen (secondary N) is 1. The lowest BCUT2D eigenvalue weighted by atomic mass is 9.80. The van der Waals surface area contributed by atoms with E-state index in [0.717, 1.165) is 47.5 Å². The average molecular weight is 431 g/mol. The van der Waals surface area contributed by atoms with Gasteiger partial charge in [0.15, 0.2) is 11.5 Å². The highest BCUT2D eigenvalue weighted by atomic mass is 16.7. The predicted molar refractivity (Wildman–Crippen MR) is 118 cm³/mol. The lowest BCUT2D eigenvalue weighted by molar-refractivity contribution is -0.146. The summed E-state index contributed by atoms with van der Waals surface area (Å²) in [5, 5.41) is 3.15. The highest BCUT2D eigenvalue weighted by Crippen LogP contribution is 2.47. The molecule has 4 atom stereocenters. The number of fused-ring (bicyclic) bond motifs is 7. The number of aromatic amines is 1. The van der Waals surface area contributed by atoms with Crippen molar-refractivity contribution in [3.05, 3.63) is 47.7 Å². The average Bonchev–Trinajstić information content (AvgIpc) is 3.49. The number of ether oxygens (including phenoxy) is 2. The molecule has 0 radical (unpaired) electrons. The fourth-order valence-corrected chi connectivity index (χ4v) is 6.23. The van der Waals surface area contributed by atoms with E-state index in [1.165, 1.54) is 16.6 Å². The van der Waals surface area contributed by atoms with E-state index >= 15 is 0 Å². The Bertz CT molecular complexity index is 1270. The Morgan fingerprint density at radius 1 is 1.12 bits per heavy atom. The number of aromatic nitrogens is 1. The quantitative estimate of drug-likeness (QED) is 0.637. The zero-order valence-corrected chi connectivity index (χ0v) is 18.1. The van der Waals surface area contributed by atoms with Crippen molar-refractivity contribution in [1.82, 2.24) is 14.9 Å². The van der Waals surface area contributed by atoms with Crippen molar-refractivity contribution in [2.45, 2.75) is 38.0 Å². The van der Waals surface area contributed by atoms with Crippen LogP contribution in [0.25, 0.3) is 22.0 Å². The minimum atomic E-state index is -0.0774. The van der Waals surface area contributed by atoms with Crippen LogP contribution in [0.15, 0.2) is 36.4 Å². The number of piperidine rings is 1. The van der Waals surface area contributed by atoms with Gasteiger partial charge in [-0.3, -0.25) is 9.63 Å². The van der Waals surface area contributed by atoms with Gasteiger partial charge in [0, 0.05) is 30.2 Å². The van der Waals surface area contributed by atoms with Crippen LogP contribution in [0.5, 0.6) is 11.5 Å². The van der Waals surface area contributed by atoms with Gasteiger partial charge in [-0.15, -0.1) is 0 Å². The molecule has 4 aliphatic heterocycles. The largest absolute Gasteiger partial charge is 0.454 e. The number of hydroxylamine groups is 2. The lowest BCUT2D eigenvalue weighted by Crippen LogP contribution is -2.54. The van der Waals surface area contributed by atoms with Gasteiger partial charge in [-0.25, -0.2) is 0 Å². The lowest BCUT2D eigenvalue weighted by Gasteiger charge is -2.44. The first-order valence-electron chi connectivity index (χ1n) is 11.3. The van der Waals surface area contributed by atoms with Crippen LogP contribution in [0, 0.1) is 5.92 Å². The van der Waals surface area contributed by atoms with E-state index in [2.05, 4.69) is 34.1 Å². The minimum Gasteiger partial charge on any atom is -0.454 e. The fraction of sp³-hybridized carbons (Fsp3) is 0.400. The third kappa shape index (κ3) is 2.40. The molecular weight excluding hydrogens is 406 g/mol. The number of benzene rings is 2. The maximum atomic E-state index is 13.4. The van der Waals surface area contributed by atoms with E-state index in [1.54, 1.807) is 0 Å². The second-order valence-corrected chi connectivity index (χ2v) is 9.30. The van der Waals surface area contributed by atoms with Crippen molar-refractivity contribution >= 4 is 16.8 Å². The standard InChI is InChI=1S/C25H25N3O4/c1-13-22-18(27(2)32-13)11-19-24-17(8-9-28(19)25(22)29)16-5-3-4-15(23(16)26-24)14-6-7-20-21(10-14)31-12-30-20/h3-7,10,13,18-19,22,26H,8-9,11-12H2,1-2H3/t13-,18-,19-,22-/m0/s1. The van der Waals surface area contributed by atoms with E-state index in [0.29, 0.717) is 0 Å². The maximum absolute atomic E-state index is 13.4. The monoisotopic (exact) mass is 431 g/mol. The third-order valence-corrected chi connectivity index (χ3v) is 7.72. The van der Waals surface area contributed by atoms with Gasteiger partial charge in [0.25, 0.3) is 0 Å². The molecule has 4 aliphatic rings. The van der Waals surface area contributed by atoms with Gasteiger partial charge in [-0.1, -0.05) is 24.3 Å². The van der Waals surface area contributed by atoms with Crippen LogP contribution in [0.2, 0.25) is 0 Å². The molecule has 0 bridgehead atoms. The number of para-hydroxylation sites is 1. The molecule has 1 N–H and O–H groups in total. The molecule has 7 heteroatoms. The van der Waals surface area contributed by atoms with Crippen LogP contribution >= 0.6 is 0 Å². The molecule has 164 valence electrons. The zero-order valence-electron chi connectivity index (χ0n) is 18.1. The zero-order chi connectivity index (χ0) is 21.6. The molecule has 3 aromatic rings. The van der Waals surface area contributed by atoms with Gasteiger partial charge in [-0.2, -0.15) is 5.06 Å². The molecule has 2 fully saturated rings. The van der Waals surface area contributed by atoms with Crippen molar-refractivity contribution < 1.29 is 19.1 Å². The van der Waals surface area contributed by atoms with E-state index < -0.39 is 0 Å². The molecule has 2 aromatic carbocycles. The van der Waals surface area contributed by atoms with Crippen molar-refractivity contribution in [1.29, 1.82) is 0 Å². The van der Waals surface area contributed by atoms with Gasteiger partial charge in [0.2, 0.25) is 12.7 Å². The number of H-pyrrole nitrogens is 1. The Morgan fingerprint density at radius 3 is 2.91 bits per heavy atom. The van der Waals surface area contributed by atoms with E-state index in [4.69, 9.17) is 14.3 Å². The summed E-state index contributed by atoms with van der Waals surface area (Å²) in [6, 6.07) is 12.7. The molecule has 1 aromatic heterocycles. The summed E-state index contributed by atoms with van der Waals surface area (Å²) in [7, 11) is 1.96. The maximum Gasteiger partial charge on any atom is 0.231 e. The number of carbonyl (C=O) groups excluding carboxylic acids is 1. The Labute approximate surface area is 185 Å². The van der Waals surface area contributed by atoms with Gasteiger partial charge >= 0.3 is 0 Å². The van der Waals surface area contributed by atoms with Crippen molar-refractivity contribution in [2.75, 3.05) is 20.4 Å².